The van der Waals surface area contributed by atoms with Crippen LogP contribution in [0.5, 0.6) is 5.75 Å². The summed E-state index contributed by atoms with van der Waals surface area (Å²) in [5.74, 6) is 0.877. The van der Waals surface area contributed by atoms with Crippen LogP contribution in [0, 0.1) is 0 Å². The fraction of sp³-hybridized carbons (Fsp3) is 0.647. The second-order valence-corrected chi connectivity index (χ2v) is 4.97. The first kappa shape index (κ1) is 18.0. The van der Waals surface area contributed by atoms with Crippen molar-refractivity contribution in [3.8, 4) is 5.75 Å². The van der Waals surface area contributed by atoms with E-state index in [4.69, 9.17) is 14.2 Å². The highest BCUT2D eigenvalue weighted by atomic mass is 16.5. The number of hydrogen-bond donors (Lipinski definition) is 1. The van der Waals surface area contributed by atoms with Crippen molar-refractivity contribution in [3.05, 3.63) is 29.8 Å². The summed E-state index contributed by atoms with van der Waals surface area (Å²) in [6.07, 6.45) is 2.15. The molecule has 0 aromatic heterocycles. The Bertz CT molecular complexity index is 354. The minimum absolute atomic E-state index is 0.210. The van der Waals surface area contributed by atoms with Crippen LogP contribution >= 0.6 is 0 Å². The second-order valence-electron chi connectivity index (χ2n) is 4.97. The smallest absolute Gasteiger partial charge is 0.118 e. The van der Waals surface area contributed by atoms with Gasteiger partial charge in [-0.2, -0.15) is 0 Å². The first-order valence-corrected chi connectivity index (χ1v) is 7.84. The van der Waals surface area contributed by atoms with Crippen LogP contribution in [0.2, 0.25) is 0 Å². The third kappa shape index (κ3) is 7.46. The minimum Gasteiger partial charge on any atom is -0.497 e. The predicted molar refractivity (Wildman–Crippen MR) is 86.0 cm³/mol. The highest BCUT2D eigenvalue weighted by Crippen LogP contribution is 2.18. The zero-order valence-electron chi connectivity index (χ0n) is 13.6. The van der Waals surface area contributed by atoms with E-state index in [1.165, 1.54) is 5.56 Å². The van der Waals surface area contributed by atoms with Gasteiger partial charge in [0.05, 0.1) is 33.0 Å². The summed E-state index contributed by atoms with van der Waals surface area (Å²) in [4.78, 5) is 0. The quantitative estimate of drug-likeness (QED) is 0.601. The lowest BCUT2D eigenvalue weighted by molar-refractivity contribution is 0.0391. The standard InChI is InChI=1S/C17H29NO3/c1-4-10-18-17(14-21-13-12-20-11-5-2)15-6-8-16(19-3)9-7-15/h6-9,17-18H,4-5,10-14H2,1-3H3. The summed E-state index contributed by atoms with van der Waals surface area (Å²) < 4.78 is 16.3. The maximum Gasteiger partial charge on any atom is 0.118 e. The van der Waals surface area contributed by atoms with Gasteiger partial charge in [0, 0.05) is 6.61 Å². The van der Waals surface area contributed by atoms with Gasteiger partial charge in [-0.25, -0.2) is 0 Å². The Balaban J connectivity index is 2.42. The molecule has 1 aromatic carbocycles. The molecule has 4 heteroatoms. The first-order valence-electron chi connectivity index (χ1n) is 7.84. The third-order valence-electron chi connectivity index (χ3n) is 3.16. The van der Waals surface area contributed by atoms with Gasteiger partial charge >= 0.3 is 0 Å². The zero-order chi connectivity index (χ0) is 15.3. The average Bonchev–Trinajstić information content (AvgIpc) is 2.53. The normalized spacial score (nSPS) is 12.3. The van der Waals surface area contributed by atoms with Gasteiger partial charge in [-0.3, -0.25) is 0 Å². The largest absolute Gasteiger partial charge is 0.497 e. The minimum atomic E-state index is 0.210. The average molecular weight is 295 g/mol. The summed E-state index contributed by atoms with van der Waals surface area (Å²) >= 11 is 0. The highest BCUT2D eigenvalue weighted by molar-refractivity contribution is 5.29. The Labute approximate surface area is 128 Å². The third-order valence-corrected chi connectivity index (χ3v) is 3.16. The van der Waals surface area contributed by atoms with E-state index < -0.39 is 0 Å². The van der Waals surface area contributed by atoms with Crippen LogP contribution in [-0.4, -0.2) is 40.1 Å². The molecule has 0 spiro atoms. The van der Waals surface area contributed by atoms with Gasteiger partial charge < -0.3 is 19.5 Å². The number of rotatable bonds is 12. The van der Waals surface area contributed by atoms with Gasteiger partial charge in [0.1, 0.15) is 5.75 Å². The topological polar surface area (TPSA) is 39.7 Å². The maximum atomic E-state index is 5.73. The van der Waals surface area contributed by atoms with Crippen molar-refractivity contribution in [2.24, 2.45) is 0 Å². The fourth-order valence-corrected chi connectivity index (χ4v) is 1.99. The molecule has 0 aliphatic heterocycles. The Morgan fingerprint density at radius 1 is 0.952 bits per heavy atom. The number of ether oxygens (including phenoxy) is 3. The first-order chi connectivity index (χ1) is 10.3. The summed E-state index contributed by atoms with van der Waals surface area (Å²) in [7, 11) is 1.68. The molecule has 21 heavy (non-hydrogen) atoms. The van der Waals surface area contributed by atoms with Crippen LogP contribution in [0.4, 0.5) is 0 Å². The molecule has 1 atom stereocenters. The number of hydrogen-bond acceptors (Lipinski definition) is 4. The van der Waals surface area contributed by atoms with E-state index in [9.17, 15) is 0 Å². The van der Waals surface area contributed by atoms with Crippen LogP contribution < -0.4 is 10.1 Å². The van der Waals surface area contributed by atoms with E-state index in [0.29, 0.717) is 19.8 Å². The van der Waals surface area contributed by atoms with Crippen LogP contribution in [0.3, 0.4) is 0 Å². The Hall–Kier alpha value is -1.10. The molecule has 0 radical (unpaired) electrons. The van der Waals surface area contributed by atoms with Gasteiger partial charge in [0.25, 0.3) is 0 Å². The molecule has 120 valence electrons. The fourth-order valence-electron chi connectivity index (χ4n) is 1.99. The molecule has 0 saturated carbocycles. The molecule has 0 aliphatic rings. The molecule has 0 bridgehead atoms. The number of benzene rings is 1. The Kier molecular flexibility index (Phi) is 9.87. The molecule has 0 amide bonds. The summed E-state index contributed by atoms with van der Waals surface area (Å²) in [5, 5.41) is 3.52. The van der Waals surface area contributed by atoms with Crippen LogP contribution in [0.15, 0.2) is 24.3 Å². The Morgan fingerprint density at radius 2 is 1.67 bits per heavy atom. The Morgan fingerprint density at radius 3 is 2.29 bits per heavy atom. The van der Waals surface area contributed by atoms with Crippen LogP contribution in [0.25, 0.3) is 0 Å². The molecule has 0 heterocycles. The number of nitrogens with one attached hydrogen (secondary N) is 1. The molecule has 0 fully saturated rings. The summed E-state index contributed by atoms with van der Waals surface area (Å²) in [6, 6.07) is 8.36. The second kappa shape index (κ2) is 11.5. The van der Waals surface area contributed by atoms with Gasteiger partial charge in [-0.05, 0) is 37.1 Å². The zero-order valence-corrected chi connectivity index (χ0v) is 13.6. The van der Waals surface area contributed by atoms with E-state index in [1.54, 1.807) is 7.11 Å². The van der Waals surface area contributed by atoms with Crippen LogP contribution in [0.1, 0.15) is 38.3 Å². The maximum absolute atomic E-state index is 5.73. The van der Waals surface area contributed by atoms with Crippen molar-refractivity contribution in [1.82, 2.24) is 5.32 Å². The van der Waals surface area contributed by atoms with Crippen molar-refractivity contribution >= 4 is 0 Å². The van der Waals surface area contributed by atoms with Crippen molar-refractivity contribution in [2.75, 3.05) is 40.1 Å². The highest BCUT2D eigenvalue weighted by Gasteiger charge is 2.10. The van der Waals surface area contributed by atoms with Gasteiger partial charge in [-0.15, -0.1) is 0 Å². The predicted octanol–water partition coefficient (Wildman–Crippen LogP) is 3.18. The number of methoxy groups -OCH3 is 1. The van der Waals surface area contributed by atoms with Gasteiger partial charge in [0.15, 0.2) is 0 Å². The monoisotopic (exact) mass is 295 g/mol. The molecule has 1 aromatic rings. The lowest BCUT2D eigenvalue weighted by Crippen LogP contribution is -2.27. The molecule has 1 rings (SSSR count). The van der Waals surface area contributed by atoms with Crippen molar-refractivity contribution in [3.63, 3.8) is 0 Å². The SMILES string of the molecule is CCCNC(COCCOCCC)c1ccc(OC)cc1. The van der Waals surface area contributed by atoms with E-state index in [1.807, 2.05) is 12.1 Å². The molecule has 0 saturated heterocycles. The molecule has 0 aliphatic carbocycles. The van der Waals surface area contributed by atoms with E-state index >= 15 is 0 Å². The van der Waals surface area contributed by atoms with E-state index in [-0.39, 0.29) is 6.04 Å². The lowest BCUT2D eigenvalue weighted by atomic mass is 10.1. The molecule has 1 unspecified atom stereocenters. The molecule has 1 N–H and O–H groups in total. The van der Waals surface area contributed by atoms with Gasteiger partial charge in [0.2, 0.25) is 0 Å². The van der Waals surface area contributed by atoms with Crippen molar-refractivity contribution < 1.29 is 14.2 Å². The van der Waals surface area contributed by atoms with Crippen LogP contribution in [-0.2, 0) is 9.47 Å². The summed E-state index contributed by atoms with van der Waals surface area (Å²) in [5.41, 5.74) is 1.22. The molecule has 4 nitrogen and oxygen atoms in total. The van der Waals surface area contributed by atoms with E-state index in [0.717, 1.165) is 31.7 Å². The molecular formula is C17H29NO3. The lowest BCUT2D eigenvalue weighted by Gasteiger charge is -2.19. The van der Waals surface area contributed by atoms with Crippen molar-refractivity contribution in [2.45, 2.75) is 32.7 Å². The van der Waals surface area contributed by atoms with Gasteiger partial charge in [-0.1, -0.05) is 26.0 Å². The van der Waals surface area contributed by atoms with Crippen molar-refractivity contribution in [1.29, 1.82) is 0 Å². The summed E-state index contributed by atoms with van der Waals surface area (Å²) in [6.45, 7) is 8.01. The molecular weight excluding hydrogens is 266 g/mol. The van der Waals surface area contributed by atoms with E-state index in [2.05, 4.69) is 31.3 Å².